The van der Waals surface area contributed by atoms with Crippen LogP contribution in [0.3, 0.4) is 0 Å². The Morgan fingerprint density at radius 1 is 1.50 bits per heavy atom. The molecule has 0 aliphatic rings. The van der Waals surface area contributed by atoms with Gasteiger partial charge >= 0.3 is 0 Å². The van der Waals surface area contributed by atoms with Gasteiger partial charge in [0, 0.05) is 10.9 Å². The van der Waals surface area contributed by atoms with Crippen LogP contribution < -0.4 is 5.73 Å². The second-order valence-corrected chi connectivity index (χ2v) is 4.95. The van der Waals surface area contributed by atoms with E-state index in [2.05, 4.69) is 35.0 Å². The normalized spacial score (nSPS) is 12.4. The zero-order valence-electron chi connectivity index (χ0n) is 8.16. The molecule has 0 heterocycles. The molecule has 1 unspecified atom stereocenters. The number of nitrogens with two attached hydrogens (primary N) is 1. The van der Waals surface area contributed by atoms with Crippen LogP contribution in [0.1, 0.15) is 18.9 Å². The van der Waals surface area contributed by atoms with E-state index in [4.69, 9.17) is 18.0 Å². The lowest BCUT2D eigenvalue weighted by atomic mass is 9.98. The van der Waals surface area contributed by atoms with Crippen molar-refractivity contribution < 1.29 is 0 Å². The minimum atomic E-state index is 0.506. The lowest BCUT2D eigenvalue weighted by Crippen LogP contribution is -2.14. The maximum atomic E-state index is 5.50. The molecule has 0 saturated heterocycles. The van der Waals surface area contributed by atoms with Crippen LogP contribution in [-0.4, -0.2) is 4.99 Å². The van der Waals surface area contributed by atoms with Gasteiger partial charge in [-0.05, 0) is 24.0 Å². The third kappa shape index (κ3) is 3.76. The van der Waals surface area contributed by atoms with Crippen molar-refractivity contribution in [3.63, 3.8) is 0 Å². The van der Waals surface area contributed by atoms with Crippen LogP contribution in [-0.2, 0) is 6.42 Å². The first-order valence-corrected chi connectivity index (χ1v) is 5.81. The molecule has 1 atom stereocenters. The van der Waals surface area contributed by atoms with Gasteiger partial charge in [-0.3, -0.25) is 0 Å². The smallest absolute Gasteiger partial charge is 0.0730 e. The van der Waals surface area contributed by atoms with Gasteiger partial charge in [-0.2, -0.15) is 0 Å². The minimum absolute atomic E-state index is 0.506. The van der Waals surface area contributed by atoms with Crippen LogP contribution in [0.15, 0.2) is 28.7 Å². The Labute approximate surface area is 98.8 Å². The maximum absolute atomic E-state index is 5.50. The summed E-state index contributed by atoms with van der Waals surface area (Å²) in [5.41, 5.74) is 6.82. The first-order chi connectivity index (χ1) is 6.59. The predicted molar refractivity (Wildman–Crippen MR) is 68.4 cm³/mol. The molecule has 14 heavy (non-hydrogen) atoms. The lowest BCUT2D eigenvalue weighted by Gasteiger charge is -2.11. The van der Waals surface area contributed by atoms with Crippen LogP contribution in [0.4, 0.5) is 0 Å². The Hall–Kier alpha value is -0.410. The van der Waals surface area contributed by atoms with E-state index in [0.717, 1.165) is 17.3 Å². The number of hydrogen-bond donors (Lipinski definition) is 1. The van der Waals surface area contributed by atoms with Crippen molar-refractivity contribution in [2.75, 3.05) is 0 Å². The molecule has 0 aliphatic heterocycles. The summed E-state index contributed by atoms with van der Waals surface area (Å²) in [6.07, 6.45) is 1.83. The summed E-state index contributed by atoms with van der Waals surface area (Å²) >= 11 is 8.41. The average molecular weight is 272 g/mol. The molecule has 2 N–H and O–H groups in total. The summed E-state index contributed by atoms with van der Waals surface area (Å²) in [5, 5.41) is 0. The third-order valence-electron chi connectivity index (χ3n) is 2.08. The van der Waals surface area contributed by atoms with Gasteiger partial charge in [0.15, 0.2) is 0 Å². The van der Waals surface area contributed by atoms with Crippen LogP contribution in [0.2, 0.25) is 0 Å². The number of thiocarbonyl (C=S) groups is 1. The SMILES string of the molecule is CC(CC(N)=S)Cc1ccccc1Br. The molecule has 0 aromatic heterocycles. The summed E-state index contributed by atoms with van der Waals surface area (Å²) in [5.74, 6) is 0.506. The average Bonchev–Trinajstić information content (AvgIpc) is 2.07. The van der Waals surface area contributed by atoms with Crippen molar-refractivity contribution >= 4 is 33.1 Å². The Balaban J connectivity index is 2.60. The van der Waals surface area contributed by atoms with E-state index in [-0.39, 0.29) is 0 Å². The van der Waals surface area contributed by atoms with Gasteiger partial charge in [0.05, 0.1) is 4.99 Å². The van der Waals surface area contributed by atoms with E-state index >= 15 is 0 Å². The molecule has 76 valence electrons. The number of rotatable bonds is 4. The highest BCUT2D eigenvalue weighted by Crippen LogP contribution is 2.20. The molecule has 1 rings (SSSR count). The Kier molecular flexibility index (Phi) is 4.55. The third-order valence-corrected chi connectivity index (χ3v) is 3.02. The quantitative estimate of drug-likeness (QED) is 0.851. The second kappa shape index (κ2) is 5.47. The lowest BCUT2D eigenvalue weighted by molar-refractivity contribution is 0.606. The monoisotopic (exact) mass is 271 g/mol. The van der Waals surface area contributed by atoms with Gasteiger partial charge in [-0.15, -0.1) is 0 Å². The first-order valence-electron chi connectivity index (χ1n) is 4.61. The molecule has 0 aliphatic carbocycles. The summed E-state index contributed by atoms with van der Waals surface area (Å²) in [7, 11) is 0. The highest BCUT2D eigenvalue weighted by atomic mass is 79.9. The van der Waals surface area contributed by atoms with Gasteiger partial charge in [0.25, 0.3) is 0 Å². The van der Waals surface area contributed by atoms with Crippen molar-refractivity contribution in [3.8, 4) is 0 Å². The standard InChI is InChI=1S/C11H14BrNS/c1-8(7-11(13)14)6-9-4-2-3-5-10(9)12/h2-5,8H,6-7H2,1H3,(H2,13,14). The molecule has 0 radical (unpaired) electrons. The van der Waals surface area contributed by atoms with Crippen molar-refractivity contribution in [2.45, 2.75) is 19.8 Å². The van der Waals surface area contributed by atoms with Crippen molar-refractivity contribution in [1.29, 1.82) is 0 Å². The van der Waals surface area contributed by atoms with Gasteiger partial charge in [-0.25, -0.2) is 0 Å². The molecule has 0 saturated carbocycles. The van der Waals surface area contributed by atoms with Crippen molar-refractivity contribution in [3.05, 3.63) is 34.3 Å². The molecular formula is C11H14BrNS. The van der Waals surface area contributed by atoms with E-state index in [9.17, 15) is 0 Å². The zero-order valence-corrected chi connectivity index (χ0v) is 10.6. The Bertz CT molecular complexity index is 325. The fraction of sp³-hybridized carbons (Fsp3) is 0.364. The van der Waals surface area contributed by atoms with Crippen LogP contribution >= 0.6 is 28.1 Å². The molecular weight excluding hydrogens is 258 g/mol. The Morgan fingerprint density at radius 2 is 2.14 bits per heavy atom. The van der Waals surface area contributed by atoms with E-state index in [1.165, 1.54) is 5.56 Å². The number of hydrogen-bond acceptors (Lipinski definition) is 1. The van der Waals surface area contributed by atoms with Crippen molar-refractivity contribution in [1.82, 2.24) is 0 Å². The molecule has 3 heteroatoms. The van der Waals surface area contributed by atoms with Gasteiger partial charge in [0.1, 0.15) is 0 Å². The molecule has 0 amide bonds. The fourth-order valence-corrected chi connectivity index (χ4v) is 2.19. The van der Waals surface area contributed by atoms with E-state index < -0.39 is 0 Å². The topological polar surface area (TPSA) is 26.0 Å². The zero-order chi connectivity index (χ0) is 10.6. The Morgan fingerprint density at radius 3 is 2.71 bits per heavy atom. The predicted octanol–water partition coefficient (Wildman–Crippen LogP) is 3.30. The molecule has 1 nitrogen and oxygen atoms in total. The van der Waals surface area contributed by atoms with Crippen LogP contribution in [0.5, 0.6) is 0 Å². The van der Waals surface area contributed by atoms with E-state index in [1.54, 1.807) is 0 Å². The van der Waals surface area contributed by atoms with E-state index in [0.29, 0.717) is 10.9 Å². The molecule has 1 aromatic rings. The highest BCUT2D eigenvalue weighted by molar-refractivity contribution is 9.10. The fourth-order valence-electron chi connectivity index (χ4n) is 1.45. The van der Waals surface area contributed by atoms with Gasteiger partial charge in [-0.1, -0.05) is 53.3 Å². The molecule has 1 aromatic carbocycles. The summed E-state index contributed by atoms with van der Waals surface area (Å²) < 4.78 is 1.16. The van der Waals surface area contributed by atoms with E-state index in [1.807, 2.05) is 12.1 Å². The van der Waals surface area contributed by atoms with Gasteiger partial charge in [0.2, 0.25) is 0 Å². The summed E-state index contributed by atoms with van der Waals surface area (Å²) in [6.45, 7) is 2.17. The number of halogens is 1. The van der Waals surface area contributed by atoms with Crippen molar-refractivity contribution in [2.24, 2.45) is 11.7 Å². The van der Waals surface area contributed by atoms with Crippen LogP contribution in [0, 0.1) is 5.92 Å². The minimum Gasteiger partial charge on any atom is -0.393 e. The molecule has 0 spiro atoms. The van der Waals surface area contributed by atoms with Gasteiger partial charge < -0.3 is 5.73 Å². The molecule has 0 bridgehead atoms. The largest absolute Gasteiger partial charge is 0.393 e. The molecule has 0 fully saturated rings. The first kappa shape index (κ1) is 11.7. The second-order valence-electron chi connectivity index (χ2n) is 3.57. The summed E-state index contributed by atoms with van der Waals surface area (Å²) in [4.78, 5) is 0.601. The number of benzene rings is 1. The van der Waals surface area contributed by atoms with Crippen LogP contribution in [0.25, 0.3) is 0 Å². The maximum Gasteiger partial charge on any atom is 0.0730 e. The highest BCUT2D eigenvalue weighted by Gasteiger charge is 2.06. The summed E-state index contributed by atoms with van der Waals surface area (Å²) in [6, 6.07) is 8.25.